The smallest absolute Gasteiger partial charge is 0.246 e. The van der Waals surface area contributed by atoms with E-state index < -0.39 is 145 Å². The van der Waals surface area contributed by atoms with Crippen molar-refractivity contribution in [3.05, 3.63) is 35.4 Å². The van der Waals surface area contributed by atoms with Gasteiger partial charge in [0.2, 0.25) is 65.0 Å². The Morgan fingerprint density at radius 2 is 1.39 bits per heavy atom. The van der Waals surface area contributed by atoms with E-state index >= 15 is 0 Å². The predicted octanol–water partition coefficient (Wildman–Crippen LogP) is -2.44. The Labute approximate surface area is 415 Å². The van der Waals surface area contributed by atoms with Crippen molar-refractivity contribution in [2.24, 2.45) is 34.8 Å². The highest BCUT2D eigenvalue weighted by molar-refractivity contribution is 8.76. The number of primary amides is 3. The minimum Gasteiger partial charge on any atom is -0.370 e. The van der Waals surface area contributed by atoms with Gasteiger partial charge in [-0.3, -0.25) is 52.7 Å². The van der Waals surface area contributed by atoms with E-state index in [1.807, 2.05) is 32.9 Å². The normalized spacial score (nSPS) is 24.6. The number of aryl methyl sites for hydroxylation is 1. The molecule has 1 aromatic carbocycles. The Morgan fingerprint density at radius 1 is 0.771 bits per heavy atom. The molecule has 0 radical (unpaired) electrons. The van der Waals surface area contributed by atoms with Gasteiger partial charge in [0.1, 0.15) is 42.3 Å². The number of amides is 11. The first-order chi connectivity index (χ1) is 32.9. The van der Waals surface area contributed by atoms with E-state index in [9.17, 15) is 52.7 Å². The maximum atomic E-state index is 14.5. The van der Waals surface area contributed by atoms with Gasteiger partial charge in [0.05, 0.1) is 19.0 Å². The standard InChI is InChI=1S/C45H70N12O11S2/c1-7-23(4)36-43(66)51-28(14-15-33(47)58)40(63)52-30(18-34(48)59)41(64)54-31(45(68)57-16-10-13-32(57)42(65)53-29(17-22(2)3)39(62)50-19-35(49)60)21-70-69-20-27(46)38(61)56-37(44(67)55-36)25(6)26-12-9-8-11-24(26)5/h8-9,11-12,22-23,25,27-32,36-37H,7,10,13-21,46H2,1-6H3,(H2,47,58)(H2,48,59)(H2,49,60)(H,50,62)(H,51,66)(H,52,63)(H,53,65)(H,54,64)(H,55,67)(H,56,61)/t23?,25-,27+,28+,29+,30+,31+,32+,36+,37+/m1/s1. The fourth-order valence-electron chi connectivity index (χ4n) is 7.93. The Morgan fingerprint density at radius 3 is 2.00 bits per heavy atom. The molecule has 10 atom stereocenters. The molecule has 0 bridgehead atoms. The van der Waals surface area contributed by atoms with Crippen molar-refractivity contribution in [1.29, 1.82) is 0 Å². The van der Waals surface area contributed by atoms with Gasteiger partial charge in [-0.1, -0.05) is 86.9 Å². The zero-order valence-electron chi connectivity index (χ0n) is 40.5. The number of carbonyl (C=O) groups is 11. The van der Waals surface area contributed by atoms with E-state index in [-0.39, 0.29) is 43.2 Å². The first-order valence-electron chi connectivity index (χ1n) is 23.3. The van der Waals surface area contributed by atoms with E-state index in [1.165, 1.54) is 4.90 Å². The summed E-state index contributed by atoms with van der Waals surface area (Å²) >= 11 is 0. The summed E-state index contributed by atoms with van der Waals surface area (Å²) in [6, 6.07) is -3.49. The van der Waals surface area contributed by atoms with Crippen molar-refractivity contribution < 1.29 is 52.7 Å². The second-order valence-corrected chi connectivity index (χ2v) is 20.7. The number of hydrogen-bond acceptors (Lipinski definition) is 14. The van der Waals surface area contributed by atoms with Crippen molar-refractivity contribution in [1.82, 2.24) is 42.1 Å². The molecule has 2 aliphatic heterocycles. The zero-order chi connectivity index (χ0) is 52.4. The molecule has 23 nitrogen and oxygen atoms in total. The first-order valence-corrected chi connectivity index (χ1v) is 25.7. The fraction of sp³-hybridized carbons (Fsp3) is 0.622. The first kappa shape index (κ1) is 58.4. The number of likely N-dealkylation sites (tertiary alicyclic amines) is 1. The number of rotatable bonds is 17. The van der Waals surface area contributed by atoms with E-state index in [4.69, 9.17) is 22.9 Å². The molecule has 1 aromatic rings. The monoisotopic (exact) mass is 1020 g/mol. The molecule has 25 heteroatoms. The molecule has 2 heterocycles. The van der Waals surface area contributed by atoms with E-state index in [0.29, 0.717) is 12.8 Å². The molecule has 0 saturated carbocycles. The molecule has 0 aromatic heterocycles. The molecule has 2 saturated heterocycles. The molecule has 2 aliphatic rings. The van der Waals surface area contributed by atoms with Gasteiger partial charge in [-0.25, -0.2) is 0 Å². The SMILES string of the molecule is CCC(C)[C@@H]1NC(=O)[C@H]([C@H](C)c2ccccc2C)NC(=O)[C@@H](N)CSSC[C@@H](C(=O)N2CCC[C@H]2C(=O)N[C@@H](CC(C)C)C(=O)NCC(N)=O)NC(=O)[C@H](CC(N)=O)NC(=O)[C@H](CCC(N)=O)NC1=O. The van der Waals surface area contributed by atoms with E-state index in [1.54, 1.807) is 32.9 Å². The second-order valence-electron chi connectivity index (χ2n) is 18.1. The number of benzene rings is 1. The second kappa shape index (κ2) is 28.0. The molecule has 15 N–H and O–H groups in total. The minimum absolute atomic E-state index is 0.0604. The summed E-state index contributed by atoms with van der Waals surface area (Å²) in [6.45, 7) is 10.3. The van der Waals surface area contributed by atoms with Crippen LogP contribution in [0.15, 0.2) is 24.3 Å². The molecule has 0 spiro atoms. The van der Waals surface area contributed by atoms with Crippen LogP contribution in [0.2, 0.25) is 0 Å². The molecular weight excluding hydrogens is 949 g/mol. The van der Waals surface area contributed by atoms with Crippen LogP contribution in [0.3, 0.4) is 0 Å². The third-order valence-electron chi connectivity index (χ3n) is 12.0. The van der Waals surface area contributed by atoms with Crippen LogP contribution in [-0.4, -0.2) is 143 Å². The summed E-state index contributed by atoms with van der Waals surface area (Å²) in [5.41, 5.74) is 24.1. The van der Waals surface area contributed by atoms with Crippen molar-refractivity contribution in [2.75, 3.05) is 24.6 Å². The number of nitrogens with two attached hydrogens (primary N) is 4. The quantitative estimate of drug-likeness (QED) is 0.0723. The van der Waals surface area contributed by atoms with Crippen molar-refractivity contribution in [2.45, 2.75) is 141 Å². The number of nitrogens with zero attached hydrogens (tertiary/aromatic N) is 1. The highest BCUT2D eigenvalue weighted by Crippen LogP contribution is 2.27. The third kappa shape index (κ3) is 17.8. The van der Waals surface area contributed by atoms with E-state index in [2.05, 4.69) is 37.2 Å². The van der Waals surface area contributed by atoms with E-state index in [0.717, 1.165) is 32.7 Å². The molecule has 1 unspecified atom stereocenters. The van der Waals surface area contributed by atoms with Crippen molar-refractivity contribution >= 4 is 86.6 Å². The molecule has 388 valence electrons. The predicted molar refractivity (Wildman–Crippen MR) is 262 cm³/mol. The molecule has 11 amide bonds. The number of carbonyl (C=O) groups excluding carboxylic acids is 11. The summed E-state index contributed by atoms with van der Waals surface area (Å²) in [4.78, 5) is 149. The molecule has 70 heavy (non-hydrogen) atoms. The summed E-state index contributed by atoms with van der Waals surface area (Å²) in [5, 5.41) is 18.2. The van der Waals surface area contributed by atoms with Crippen LogP contribution in [0.1, 0.15) is 96.6 Å². The minimum atomic E-state index is -1.74. The van der Waals surface area contributed by atoms with Gasteiger partial charge in [-0.15, -0.1) is 0 Å². The van der Waals surface area contributed by atoms with Crippen molar-refractivity contribution in [3.63, 3.8) is 0 Å². The van der Waals surface area contributed by atoms with Crippen LogP contribution < -0.4 is 60.2 Å². The maximum Gasteiger partial charge on any atom is 0.246 e. The summed E-state index contributed by atoms with van der Waals surface area (Å²) in [6.07, 6.45) is -0.494. The lowest BCUT2D eigenvalue weighted by Gasteiger charge is -2.32. The number of nitrogens with one attached hydrogen (secondary N) is 7. The largest absolute Gasteiger partial charge is 0.370 e. The van der Waals surface area contributed by atoms with Crippen LogP contribution in [0, 0.1) is 18.8 Å². The van der Waals surface area contributed by atoms with Gasteiger partial charge in [-0.2, -0.15) is 0 Å². The molecule has 0 aliphatic carbocycles. The fourth-order valence-corrected chi connectivity index (χ4v) is 10.2. The number of hydrogen-bond donors (Lipinski definition) is 11. The zero-order valence-corrected chi connectivity index (χ0v) is 42.1. The van der Waals surface area contributed by atoms with Gasteiger partial charge in [0.15, 0.2) is 0 Å². The van der Waals surface area contributed by atoms with Gasteiger partial charge in [0.25, 0.3) is 0 Å². The third-order valence-corrected chi connectivity index (χ3v) is 14.5. The highest BCUT2D eigenvalue weighted by atomic mass is 33.1. The lowest BCUT2D eigenvalue weighted by molar-refractivity contribution is -0.142. The van der Waals surface area contributed by atoms with Crippen molar-refractivity contribution in [3.8, 4) is 0 Å². The van der Waals surface area contributed by atoms with Crippen LogP contribution in [-0.2, 0) is 52.7 Å². The Balaban J connectivity index is 2.08. The Bertz CT molecular complexity index is 2100. The molecular formula is C45H70N12O11S2. The van der Waals surface area contributed by atoms with Gasteiger partial charge in [-0.05, 0) is 55.6 Å². The van der Waals surface area contributed by atoms with Crippen LogP contribution in [0.4, 0.5) is 0 Å². The average molecular weight is 1020 g/mol. The lowest BCUT2D eigenvalue weighted by Crippen LogP contribution is -2.62. The van der Waals surface area contributed by atoms with Gasteiger partial charge >= 0.3 is 0 Å². The van der Waals surface area contributed by atoms with Crippen LogP contribution >= 0.6 is 21.6 Å². The maximum absolute atomic E-state index is 14.5. The summed E-state index contributed by atoms with van der Waals surface area (Å²) in [5.74, 6) is -10.7. The highest BCUT2D eigenvalue weighted by Gasteiger charge is 2.41. The van der Waals surface area contributed by atoms with Gasteiger partial charge < -0.3 is 65.1 Å². The summed E-state index contributed by atoms with van der Waals surface area (Å²) < 4.78 is 0. The molecule has 3 rings (SSSR count). The van der Waals surface area contributed by atoms with Gasteiger partial charge in [0, 0.05) is 30.4 Å². The lowest BCUT2D eigenvalue weighted by atomic mass is 9.88. The average Bonchev–Trinajstić information content (AvgIpc) is 3.80. The molecule has 2 fully saturated rings. The Kier molecular flexibility index (Phi) is 23.4. The Hall–Kier alpha value is -5.95. The summed E-state index contributed by atoms with van der Waals surface area (Å²) in [7, 11) is 2.10. The topological polar surface area (TPSA) is 379 Å². The van der Waals surface area contributed by atoms with Crippen LogP contribution in [0.25, 0.3) is 0 Å². The van der Waals surface area contributed by atoms with Crippen LogP contribution in [0.5, 0.6) is 0 Å².